The molecular formula is C43H25N5. The second kappa shape index (κ2) is 10.8. The maximum atomic E-state index is 10.9. The third-order valence-electron chi connectivity index (χ3n) is 9.34. The van der Waals surface area contributed by atoms with Gasteiger partial charge in [0.05, 0.1) is 50.8 Å². The van der Waals surface area contributed by atoms with Crippen molar-refractivity contribution in [2.24, 2.45) is 0 Å². The molecule has 0 aliphatic carbocycles. The molecule has 0 saturated carbocycles. The highest BCUT2D eigenvalue weighted by molar-refractivity contribution is 6.11. The van der Waals surface area contributed by atoms with Crippen LogP contribution in [0.5, 0.6) is 0 Å². The van der Waals surface area contributed by atoms with E-state index in [2.05, 4.69) is 86.9 Å². The summed E-state index contributed by atoms with van der Waals surface area (Å²) >= 11 is 0. The molecule has 5 nitrogen and oxygen atoms in total. The Bertz CT molecular complexity index is 2710. The van der Waals surface area contributed by atoms with Gasteiger partial charge in [-0.3, -0.25) is 4.98 Å². The van der Waals surface area contributed by atoms with Crippen molar-refractivity contribution in [1.29, 1.82) is 10.5 Å². The molecule has 0 aliphatic heterocycles. The lowest BCUT2D eigenvalue weighted by atomic mass is 9.90. The fraction of sp³-hybridized carbons (Fsp3) is 0. The summed E-state index contributed by atoms with van der Waals surface area (Å²) in [6.45, 7) is 0. The van der Waals surface area contributed by atoms with Crippen LogP contribution in [0.2, 0.25) is 0 Å². The van der Waals surface area contributed by atoms with Gasteiger partial charge in [-0.15, -0.1) is 0 Å². The van der Waals surface area contributed by atoms with Gasteiger partial charge in [-0.1, -0.05) is 103 Å². The number of hydrogen-bond donors (Lipinski definition) is 0. The van der Waals surface area contributed by atoms with Crippen LogP contribution in [-0.4, -0.2) is 14.1 Å². The van der Waals surface area contributed by atoms with Crippen molar-refractivity contribution >= 4 is 43.6 Å². The number of benzene rings is 6. The molecule has 3 aromatic heterocycles. The van der Waals surface area contributed by atoms with E-state index in [0.29, 0.717) is 11.1 Å². The zero-order chi connectivity index (χ0) is 32.2. The van der Waals surface area contributed by atoms with E-state index in [9.17, 15) is 10.5 Å². The lowest BCUT2D eigenvalue weighted by Crippen LogP contribution is -2.03. The molecule has 9 aromatic rings. The van der Waals surface area contributed by atoms with Gasteiger partial charge in [-0.2, -0.15) is 10.5 Å². The Hall–Kier alpha value is -6.95. The maximum absolute atomic E-state index is 10.9. The van der Waals surface area contributed by atoms with Crippen LogP contribution in [0.25, 0.3) is 77.2 Å². The molecule has 0 N–H and O–H groups in total. The predicted molar refractivity (Wildman–Crippen MR) is 193 cm³/mol. The predicted octanol–water partition coefficient (Wildman–Crippen LogP) is 10.4. The summed E-state index contributed by atoms with van der Waals surface area (Å²) in [5.41, 5.74) is 10.1. The molecule has 9 rings (SSSR count). The van der Waals surface area contributed by atoms with Crippen molar-refractivity contribution in [3.8, 4) is 45.8 Å². The highest BCUT2D eigenvalue weighted by atomic mass is 15.0. The molecule has 0 saturated heterocycles. The number of hydrogen-bond acceptors (Lipinski definition) is 3. The molecule has 3 heterocycles. The molecule has 0 fully saturated rings. The largest absolute Gasteiger partial charge is 0.307 e. The topological polar surface area (TPSA) is 70.3 Å². The van der Waals surface area contributed by atoms with Crippen LogP contribution >= 0.6 is 0 Å². The minimum absolute atomic E-state index is 0.530. The minimum Gasteiger partial charge on any atom is -0.307 e. The Labute approximate surface area is 276 Å². The summed E-state index contributed by atoms with van der Waals surface area (Å²) in [6, 6.07) is 52.0. The van der Waals surface area contributed by atoms with Crippen LogP contribution in [0.1, 0.15) is 11.1 Å². The zero-order valence-electron chi connectivity index (χ0n) is 25.7. The summed E-state index contributed by atoms with van der Waals surface area (Å²) in [6.07, 6.45) is 3.65. The molecule has 6 aromatic carbocycles. The van der Waals surface area contributed by atoms with Crippen LogP contribution in [0, 0.1) is 22.7 Å². The highest BCUT2D eigenvalue weighted by Gasteiger charge is 2.23. The molecule has 0 spiro atoms. The van der Waals surface area contributed by atoms with Gasteiger partial charge >= 0.3 is 0 Å². The number of pyridine rings is 1. The first-order valence-corrected chi connectivity index (χ1v) is 15.8. The lowest BCUT2D eigenvalue weighted by molar-refractivity contribution is 1.14. The fourth-order valence-electron chi connectivity index (χ4n) is 7.35. The van der Waals surface area contributed by atoms with E-state index in [0.717, 1.165) is 77.2 Å². The van der Waals surface area contributed by atoms with Gasteiger partial charge in [-0.05, 0) is 36.4 Å². The Morgan fingerprint density at radius 2 is 0.917 bits per heavy atom. The summed E-state index contributed by atoms with van der Waals surface area (Å²) in [5.74, 6) is 0. The zero-order valence-corrected chi connectivity index (χ0v) is 25.7. The third-order valence-corrected chi connectivity index (χ3v) is 9.34. The average molecular weight is 612 g/mol. The number of nitriles is 2. The Morgan fingerprint density at radius 3 is 1.46 bits per heavy atom. The highest BCUT2D eigenvalue weighted by Crippen LogP contribution is 2.42. The van der Waals surface area contributed by atoms with Crippen LogP contribution in [0.4, 0.5) is 0 Å². The van der Waals surface area contributed by atoms with Gasteiger partial charge in [0.25, 0.3) is 0 Å². The van der Waals surface area contributed by atoms with Gasteiger partial charge in [0.15, 0.2) is 0 Å². The van der Waals surface area contributed by atoms with Crippen molar-refractivity contribution < 1.29 is 0 Å². The number of fused-ring (bicyclic) bond motifs is 6. The van der Waals surface area contributed by atoms with E-state index < -0.39 is 0 Å². The summed E-state index contributed by atoms with van der Waals surface area (Å²) in [7, 11) is 0. The second-order valence-corrected chi connectivity index (χ2v) is 11.8. The van der Waals surface area contributed by atoms with Crippen molar-refractivity contribution in [3.63, 3.8) is 0 Å². The average Bonchev–Trinajstić information content (AvgIpc) is 3.67. The first-order valence-electron chi connectivity index (χ1n) is 15.8. The van der Waals surface area contributed by atoms with E-state index in [1.54, 1.807) is 6.20 Å². The quantitative estimate of drug-likeness (QED) is 0.199. The van der Waals surface area contributed by atoms with Crippen molar-refractivity contribution in [2.75, 3.05) is 0 Å². The van der Waals surface area contributed by atoms with E-state index in [1.807, 2.05) is 85.1 Å². The van der Waals surface area contributed by atoms with E-state index >= 15 is 0 Å². The second-order valence-electron chi connectivity index (χ2n) is 11.8. The van der Waals surface area contributed by atoms with Crippen LogP contribution in [0.15, 0.2) is 152 Å². The standard InChI is InChI=1S/C43H25N5/c44-25-28-11-9-18-36(43(28)48-40-21-7-3-14-33(40)34-15-4-8-22-41(34)48)30-17-10-16-29(37(30)26-45)35-23-24-46-27-42(35)47-38-19-5-1-12-31(38)32-13-2-6-20-39(32)47/h1-24,27H. The number of nitrogens with zero attached hydrogens (tertiary/aromatic N) is 5. The molecule has 0 unspecified atom stereocenters. The lowest BCUT2D eigenvalue weighted by Gasteiger charge is -2.19. The van der Waals surface area contributed by atoms with Crippen molar-refractivity contribution in [3.05, 3.63) is 163 Å². The smallest absolute Gasteiger partial charge is 0.101 e. The van der Waals surface area contributed by atoms with E-state index in [4.69, 9.17) is 0 Å². The van der Waals surface area contributed by atoms with Crippen LogP contribution in [0.3, 0.4) is 0 Å². The van der Waals surface area contributed by atoms with Gasteiger partial charge < -0.3 is 9.13 Å². The third kappa shape index (κ3) is 3.92. The normalized spacial score (nSPS) is 11.3. The number of rotatable bonds is 4. The molecule has 0 amide bonds. The molecule has 222 valence electrons. The molecule has 5 heteroatoms. The first-order chi connectivity index (χ1) is 23.8. The molecule has 0 aliphatic rings. The SMILES string of the molecule is N#Cc1cccc(-c2cccc(-c3ccncc3-n3c4ccccc4c4ccccc43)c2C#N)c1-n1c2ccccc2c2ccccc21. The van der Waals surface area contributed by atoms with E-state index in [-0.39, 0.29) is 0 Å². The molecule has 0 atom stereocenters. The Kier molecular flexibility index (Phi) is 6.18. The minimum atomic E-state index is 0.530. The van der Waals surface area contributed by atoms with Crippen molar-refractivity contribution in [2.45, 2.75) is 0 Å². The number of aromatic nitrogens is 3. The Balaban J connectivity index is 1.34. The van der Waals surface area contributed by atoms with Gasteiger partial charge in [0, 0.05) is 50.0 Å². The van der Waals surface area contributed by atoms with Crippen LogP contribution < -0.4 is 0 Å². The molecular weight excluding hydrogens is 587 g/mol. The first kappa shape index (κ1) is 27.4. The van der Waals surface area contributed by atoms with Gasteiger partial charge in [0.1, 0.15) is 12.1 Å². The summed E-state index contributed by atoms with van der Waals surface area (Å²) in [5, 5.41) is 25.9. The molecule has 48 heavy (non-hydrogen) atoms. The maximum Gasteiger partial charge on any atom is 0.101 e. The van der Waals surface area contributed by atoms with Crippen LogP contribution in [-0.2, 0) is 0 Å². The summed E-state index contributed by atoms with van der Waals surface area (Å²) in [4.78, 5) is 4.56. The van der Waals surface area contributed by atoms with Gasteiger partial charge in [-0.25, -0.2) is 0 Å². The number of para-hydroxylation sites is 5. The van der Waals surface area contributed by atoms with Crippen molar-refractivity contribution in [1.82, 2.24) is 14.1 Å². The summed E-state index contributed by atoms with van der Waals surface area (Å²) < 4.78 is 4.41. The van der Waals surface area contributed by atoms with Gasteiger partial charge in [0.2, 0.25) is 0 Å². The molecule has 0 bridgehead atoms. The fourth-order valence-corrected chi connectivity index (χ4v) is 7.35. The monoisotopic (exact) mass is 611 g/mol. The molecule has 0 radical (unpaired) electrons. The van der Waals surface area contributed by atoms with E-state index in [1.165, 1.54) is 0 Å². The Morgan fingerprint density at radius 1 is 0.438 bits per heavy atom.